The van der Waals surface area contributed by atoms with Crippen molar-refractivity contribution >= 4 is 108 Å². The van der Waals surface area contributed by atoms with Crippen LogP contribution < -0.4 is 16.0 Å². The Balaban J connectivity index is 1.31. The number of phenols is 1. The summed E-state index contributed by atoms with van der Waals surface area (Å²) in [6.07, 6.45) is -1.40. The molecule has 7 rings (SSSR count). The van der Waals surface area contributed by atoms with Gasteiger partial charge in [-0.1, -0.05) is 48.5 Å². The first-order chi connectivity index (χ1) is 28.6. The first-order valence-electron chi connectivity index (χ1n) is 16.7. The van der Waals surface area contributed by atoms with Gasteiger partial charge in [0.05, 0.1) is 16.3 Å². The third kappa shape index (κ3) is 9.20. The van der Waals surface area contributed by atoms with Gasteiger partial charge in [-0.05, 0) is 65.4 Å². The minimum Gasteiger partial charge on any atom is -0.505 e. The number of hydrogen-bond donors (Lipinski definition) is 8. The van der Waals surface area contributed by atoms with Gasteiger partial charge in [0.2, 0.25) is 11.9 Å². The van der Waals surface area contributed by atoms with Crippen molar-refractivity contribution in [2.75, 3.05) is 16.0 Å². The Morgan fingerprint density at radius 1 is 0.541 bits per heavy atom. The second-order valence-electron chi connectivity index (χ2n) is 12.6. The van der Waals surface area contributed by atoms with Crippen molar-refractivity contribution in [3.63, 3.8) is 0 Å². The third-order valence-corrected chi connectivity index (χ3v) is 12.1. The van der Waals surface area contributed by atoms with Crippen LogP contribution in [0.3, 0.4) is 0 Å². The van der Waals surface area contributed by atoms with Crippen LogP contribution in [0.1, 0.15) is 0 Å². The van der Waals surface area contributed by atoms with Crippen molar-refractivity contribution in [2.45, 2.75) is 19.6 Å². The highest BCUT2D eigenvalue weighted by Gasteiger charge is 2.27. The lowest BCUT2D eigenvalue weighted by atomic mass is 10.1. The molecule has 1 heterocycles. The average molecular weight is 913 g/mol. The molecule has 6 aromatic carbocycles. The van der Waals surface area contributed by atoms with E-state index < -0.39 is 95.2 Å². The summed E-state index contributed by atoms with van der Waals surface area (Å²) in [5.74, 6) is -2.18. The van der Waals surface area contributed by atoms with Crippen molar-refractivity contribution in [2.24, 2.45) is 10.2 Å². The number of aromatic hydroxyl groups is 1. The number of nitrogens with one attached hydrogen (secondary N) is 3. The quantitative estimate of drug-likeness (QED) is 0.0469. The van der Waals surface area contributed by atoms with Gasteiger partial charge in [-0.25, -0.2) is 0 Å². The van der Waals surface area contributed by atoms with E-state index in [2.05, 4.69) is 41.1 Å². The molecule has 0 aliphatic heterocycles. The van der Waals surface area contributed by atoms with Crippen molar-refractivity contribution < 1.29 is 61.4 Å². The molecule has 0 radical (unpaired) electrons. The number of fused-ring (bicyclic) bond motifs is 2. The monoisotopic (exact) mass is 912 g/mol. The summed E-state index contributed by atoms with van der Waals surface area (Å²) in [7, 11) is -20.3. The number of hydrogen-bond acceptors (Lipinski definition) is 17. The zero-order chi connectivity index (χ0) is 44.1. The summed E-state index contributed by atoms with van der Waals surface area (Å²) in [4.78, 5) is 7.60. The number of halogens is 1. The number of azo groups is 1. The predicted octanol–water partition coefficient (Wildman–Crippen LogP) is 6.66. The van der Waals surface area contributed by atoms with Gasteiger partial charge in [-0.3, -0.25) is 18.2 Å². The molecule has 0 bridgehead atoms. The number of para-hydroxylation sites is 1. The van der Waals surface area contributed by atoms with Gasteiger partial charge in [-0.15, -0.1) is 10.2 Å². The highest BCUT2D eigenvalue weighted by molar-refractivity contribution is 7.86. The smallest absolute Gasteiger partial charge is 0.315 e. The maximum absolute atomic E-state index is 14.7. The van der Waals surface area contributed by atoms with Gasteiger partial charge in [-0.2, -0.15) is 53.0 Å². The summed E-state index contributed by atoms with van der Waals surface area (Å²) in [6.45, 7) is 0. The molecule has 0 spiro atoms. The normalized spacial score (nSPS) is 12.5. The van der Waals surface area contributed by atoms with Crippen LogP contribution in [0.25, 0.3) is 21.5 Å². The lowest BCUT2D eigenvalue weighted by Crippen LogP contribution is -2.09. The Hall–Kier alpha value is -6.78. The van der Waals surface area contributed by atoms with Gasteiger partial charge in [0, 0.05) is 22.1 Å². The molecule has 7 aromatic rings. The molecule has 1 aromatic heterocycles. The van der Waals surface area contributed by atoms with E-state index in [4.69, 9.17) is 0 Å². The highest BCUT2D eigenvalue weighted by Crippen LogP contribution is 2.46. The van der Waals surface area contributed by atoms with Crippen LogP contribution >= 0.6 is 0 Å². The van der Waals surface area contributed by atoms with Crippen LogP contribution in [0.2, 0.25) is 0 Å². The van der Waals surface area contributed by atoms with Gasteiger partial charge in [0.15, 0.2) is 5.75 Å². The van der Waals surface area contributed by atoms with E-state index in [-0.39, 0.29) is 33.2 Å². The van der Waals surface area contributed by atoms with Crippen molar-refractivity contribution in [1.82, 2.24) is 15.0 Å². The Morgan fingerprint density at radius 2 is 1.20 bits per heavy atom. The van der Waals surface area contributed by atoms with Crippen LogP contribution in [-0.2, 0) is 40.5 Å². The summed E-state index contributed by atoms with van der Waals surface area (Å²) in [6, 6.07) is 22.0. The van der Waals surface area contributed by atoms with E-state index >= 15 is 0 Å². The first kappa shape index (κ1) is 42.3. The maximum Gasteiger partial charge on any atom is 0.315 e. The van der Waals surface area contributed by atoms with Crippen LogP contribution in [0.5, 0.6) is 5.75 Å². The van der Waals surface area contributed by atoms with E-state index in [0.29, 0.717) is 17.1 Å². The standard InChI is InChI=1S/C35H25FN8O13S4/c36-33-40-34(42-35(41-33)39-24-12-10-18-6-4-5-9-23(18)32(24)61(55,56)57)38-21-11-13-27(59(49,50)51)25(16-21)43-44-30-28(60(52,53)54)15-19-14-22(58(46,47)48)17-26(29(19)31(30)45)37-20-7-2-1-3-8-20/h1-17,37,45H,(H,46,47,48)(H,49,50,51)(H,52,53,54)(H,55,56,57)(H2,38,39,40,41,42). The van der Waals surface area contributed by atoms with E-state index in [9.17, 15) is 61.4 Å². The number of aromatic nitrogens is 3. The molecule has 0 saturated carbocycles. The second kappa shape index (κ2) is 15.7. The van der Waals surface area contributed by atoms with Gasteiger partial charge < -0.3 is 21.1 Å². The molecule has 0 atom stereocenters. The molecular weight excluding hydrogens is 888 g/mol. The molecule has 0 aliphatic carbocycles. The predicted molar refractivity (Wildman–Crippen MR) is 216 cm³/mol. The molecule has 21 nitrogen and oxygen atoms in total. The highest BCUT2D eigenvalue weighted by atomic mass is 32.2. The number of benzene rings is 6. The Bertz CT molecular complexity index is 3440. The maximum atomic E-state index is 14.7. The summed E-state index contributed by atoms with van der Waals surface area (Å²) in [5, 5.41) is 26.7. The van der Waals surface area contributed by atoms with Crippen molar-refractivity contribution in [3.05, 3.63) is 109 Å². The minimum atomic E-state index is -5.35. The molecular formula is C35H25FN8O13S4. The topological polar surface area (TPSA) is 337 Å². The average Bonchev–Trinajstić information content (AvgIpc) is 3.15. The van der Waals surface area contributed by atoms with E-state index in [0.717, 1.165) is 30.3 Å². The summed E-state index contributed by atoms with van der Waals surface area (Å²) >= 11 is 0. The molecule has 61 heavy (non-hydrogen) atoms. The molecule has 26 heteroatoms. The Morgan fingerprint density at radius 3 is 1.85 bits per heavy atom. The molecule has 8 N–H and O–H groups in total. The number of rotatable bonds is 12. The third-order valence-electron chi connectivity index (χ3n) is 8.49. The van der Waals surface area contributed by atoms with Crippen molar-refractivity contribution in [1.29, 1.82) is 0 Å². The number of nitrogens with zero attached hydrogens (tertiary/aromatic N) is 5. The minimum absolute atomic E-state index is 0.111. The first-order valence-corrected chi connectivity index (χ1v) is 22.4. The van der Waals surface area contributed by atoms with Crippen LogP contribution in [0, 0.1) is 6.08 Å². The lowest BCUT2D eigenvalue weighted by Gasteiger charge is -2.15. The summed E-state index contributed by atoms with van der Waals surface area (Å²) in [5.41, 5.74) is -2.08. The second-order valence-corrected chi connectivity index (χ2v) is 18.1. The van der Waals surface area contributed by atoms with Gasteiger partial charge in [0.1, 0.15) is 26.1 Å². The lowest BCUT2D eigenvalue weighted by molar-refractivity contribution is 0.472. The summed E-state index contributed by atoms with van der Waals surface area (Å²) < 4.78 is 154. The molecule has 0 aliphatic rings. The van der Waals surface area contributed by atoms with Gasteiger partial charge >= 0.3 is 6.08 Å². The number of anilines is 6. The van der Waals surface area contributed by atoms with Crippen LogP contribution in [-0.4, -0.2) is 71.9 Å². The Labute approximate surface area is 343 Å². The fraction of sp³-hybridized carbons (Fsp3) is 0. The fourth-order valence-corrected chi connectivity index (χ4v) is 8.67. The molecule has 0 unspecified atom stereocenters. The zero-order valence-electron chi connectivity index (χ0n) is 30.1. The molecule has 0 fully saturated rings. The Kier molecular flexibility index (Phi) is 10.9. The van der Waals surface area contributed by atoms with E-state index in [1.54, 1.807) is 42.5 Å². The molecule has 314 valence electrons. The van der Waals surface area contributed by atoms with Crippen molar-refractivity contribution in [3.8, 4) is 5.75 Å². The fourth-order valence-electron chi connectivity index (χ4n) is 6.00. The zero-order valence-corrected chi connectivity index (χ0v) is 33.3. The molecule has 0 saturated heterocycles. The van der Waals surface area contributed by atoms with E-state index in [1.165, 1.54) is 24.3 Å². The van der Waals surface area contributed by atoms with Gasteiger partial charge in [0.25, 0.3) is 40.5 Å². The van der Waals surface area contributed by atoms with Crippen LogP contribution in [0.4, 0.5) is 50.4 Å². The van der Waals surface area contributed by atoms with E-state index in [1.807, 2.05) is 0 Å². The SMILES string of the molecule is O=S(=O)(O)c1cc(Nc2ccccc2)c2c(O)c(N=Nc3cc(Nc4nc(F)nc(Nc5ccc6ccccc6c5S(=O)(=O)O)n4)ccc3S(=O)(=O)O)c(S(=O)(=O)O)cc2c1. The number of phenolic OH excluding ortho intramolecular Hbond substituents is 1. The molecule has 0 amide bonds. The van der Waals surface area contributed by atoms with Crippen LogP contribution in [0.15, 0.2) is 133 Å². The largest absolute Gasteiger partial charge is 0.505 e.